The highest BCUT2D eigenvalue weighted by Crippen LogP contribution is 2.39. The zero-order valence-electron chi connectivity index (χ0n) is 28.5. The minimum absolute atomic E-state index is 0.00167. The molecule has 13 nitrogen and oxygen atoms in total. The number of halogens is 3. The fraction of sp³-hybridized carbons (Fsp3) is 0.500. The van der Waals surface area contributed by atoms with Crippen LogP contribution in [-0.4, -0.2) is 98.5 Å². The van der Waals surface area contributed by atoms with Gasteiger partial charge in [-0.15, -0.1) is 0 Å². The third kappa shape index (κ3) is 9.36. The van der Waals surface area contributed by atoms with Crippen molar-refractivity contribution in [3.63, 3.8) is 0 Å². The van der Waals surface area contributed by atoms with E-state index in [0.29, 0.717) is 16.3 Å². The first-order chi connectivity index (χ1) is 23.2. The number of amides is 4. The van der Waals surface area contributed by atoms with Gasteiger partial charge in [0.1, 0.15) is 29.1 Å². The first-order valence-electron chi connectivity index (χ1n) is 16.0. The number of carbonyl (C=O) groups is 5. The van der Waals surface area contributed by atoms with Gasteiger partial charge in [0.05, 0.1) is 11.3 Å². The van der Waals surface area contributed by atoms with E-state index in [2.05, 4.69) is 20.7 Å². The van der Waals surface area contributed by atoms with Crippen LogP contribution in [0.15, 0.2) is 53.8 Å². The van der Waals surface area contributed by atoms with Gasteiger partial charge in [-0.2, -0.15) is 18.3 Å². The molecule has 0 aliphatic carbocycles. The summed E-state index contributed by atoms with van der Waals surface area (Å²) in [7, 11) is 0. The Morgan fingerprint density at radius 1 is 1.04 bits per heavy atom. The Labute approximate surface area is 287 Å². The second-order valence-corrected chi connectivity index (χ2v) is 13.9. The molecule has 1 fully saturated rings. The Hall–Kier alpha value is -5.02. The van der Waals surface area contributed by atoms with E-state index in [0.717, 1.165) is 0 Å². The van der Waals surface area contributed by atoms with Crippen LogP contribution in [0.4, 0.5) is 18.0 Å². The van der Waals surface area contributed by atoms with Gasteiger partial charge in [0.15, 0.2) is 0 Å². The summed E-state index contributed by atoms with van der Waals surface area (Å²) < 4.78 is 45.6. The molecule has 270 valence electrons. The number of benzene rings is 1. The highest BCUT2D eigenvalue weighted by molar-refractivity contribution is 6.14. The molecule has 2 aliphatic heterocycles. The Morgan fingerprint density at radius 3 is 2.30 bits per heavy atom. The summed E-state index contributed by atoms with van der Waals surface area (Å²) in [5.41, 5.74) is -2.65. The number of likely N-dealkylation sites (tertiary alicyclic amines) is 1. The summed E-state index contributed by atoms with van der Waals surface area (Å²) in [6.45, 7) is 5.93. The maximum Gasteiger partial charge on any atom is 0.408 e. The van der Waals surface area contributed by atoms with E-state index >= 15 is 0 Å². The molecule has 1 aromatic carbocycles. The quantitative estimate of drug-likeness (QED) is 0.318. The van der Waals surface area contributed by atoms with Gasteiger partial charge >= 0.3 is 18.2 Å². The van der Waals surface area contributed by atoms with Crippen LogP contribution in [0.2, 0.25) is 0 Å². The number of carbonyl (C=O) groups excluding carboxylic acids is 4. The molecule has 0 radical (unpaired) electrons. The van der Waals surface area contributed by atoms with Crippen molar-refractivity contribution >= 4 is 35.5 Å². The van der Waals surface area contributed by atoms with Crippen LogP contribution >= 0.6 is 0 Å². The molecule has 0 saturated carbocycles. The number of alkyl halides is 3. The SMILES string of the molecule is CC(C)(C)OC(=O)NC(C)(C)C(=O)NC(CCc1ccc(C(=O)O)cc1)C(=O)N1CCC2=NN(CC(F)(F)F)C(=O)[C@]2(Cc2ccccn2)C1. The Morgan fingerprint density at radius 2 is 1.72 bits per heavy atom. The minimum atomic E-state index is -4.72. The summed E-state index contributed by atoms with van der Waals surface area (Å²) in [6.07, 6.45) is -3.95. The second kappa shape index (κ2) is 14.5. The maximum atomic E-state index is 14.3. The standard InChI is InChI=1S/C34H41F3N6O7/c1-31(2,3)50-30(49)40-32(4,5)28(47)39-24(14-11-21-9-12-22(13-10-21)27(45)46)26(44)42-17-15-25-33(19-42,18-23-8-6-7-16-38-23)29(48)43(41-25)20-34(35,36)37/h6-10,12-13,16,24H,11,14-15,17-20H2,1-5H3,(H,39,47)(H,40,49)(H,45,46)/t24?,33-/m1/s1. The molecule has 1 aromatic heterocycles. The molecule has 16 heteroatoms. The number of rotatable bonds is 11. The largest absolute Gasteiger partial charge is 0.478 e. The van der Waals surface area contributed by atoms with Crippen LogP contribution < -0.4 is 10.6 Å². The molecular weight excluding hydrogens is 661 g/mol. The molecular formula is C34H41F3N6O7. The molecule has 0 spiro atoms. The lowest BCUT2D eigenvalue weighted by Gasteiger charge is -2.41. The summed E-state index contributed by atoms with van der Waals surface area (Å²) >= 11 is 0. The zero-order valence-corrected chi connectivity index (χ0v) is 28.5. The number of hydrogen-bond donors (Lipinski definition) is 3. The van der Waals surface area contributed by atoms with Crippen molar-refractivity contribution < 1.29 is 47.0 Å². The number of aromatic carboxylic acids is 1. The molecule has 4 rings (SSSR count). The molecule has 2 aliphatic rings. The number of hydrogen-bond acceptors (Lipinski definition) is 8. The van der Waals surface area contributed by atoms with Crippen LogP contribution in [0.3, 0.4) is 0 Å². The van der Waals surface area contributed by atoms with Crippen molar-refractivity contribution in [2.75, 3.05) is 19.6 Å². The van der Waals surface area contributed by atoms with Crippen molar-refractivity contribution in [1.82, 2.24) is 25.5 Å². The molecule has 1 saturated heterocycles. The summed E-state index contributed by atoms with van der Waals surface area (Å²) in [5.74, 6) is -3.34. The van der Waals surface area contributed by atoms with Crippen molar-refractivity contribution in [2.45, 2.75) is 83.7 Å². The number of nitrogens with one attached hydrogen (secondary N) is 2. The van der Waals surface area contributed by atoms with E-state index in [4.69, 9.17) is 4.74 Å². The Kier molecular flexibility index (Phi) is 10.9. The van der Waals surface area contributed by atoms with Crippen molar-refractivity contribution in [3.05, 3.63) is 65.5 Å². The number of carboxylic acids is 1. The van der Waals surface area contributed by atoms with Crippen LogP contribution in [0.5, 0.6) is 0 Å². The maximum absolute atomic E-state index is 14.3. The van der Waals surface area contributed by atoms with E-state index in [-0.39, 0.29) is 50.0 Å². The lowest BCUT2D eigenvalue weighted by Crippen LogP contribution is -2.62. The van der Waals surface area contributed by atoms with Gasteiger partial charge in [-0.25, -0.2) is 14.6 Å². The molecule has 3 N–H and O–H groups in total. The van der Waals surface area contributed by atoms with Crippen LogP contribution in [0.25, 0.3) is 0 Å². The van der Waals surface area contributed by atoms with Gasteiger partial charge in [0.2, 0.25) is 11.8 Å². The normalized spacial score (nSPS) is 18.6. The van der Waals surface area contributed by atoms with E-state index < -0.39 is 65.1 Å². The lowest BCUT2D eigenvalue weighted by molar-refractivity contribution is -0.164. The van der Waals surface area contributed by atoms with Crippen LogP contribution in [0.1, 0.15) is 69.1 Å². The molecule has 1 unspecified atom stereocenters. The number of fused-ring (bicyclic) bond motifs is 1. The predicted octanol–water partition coefficient (Wildman–Crippen LogP) is 3.72. The second-order valence-electron chi connectivity index (χ2n) is 13.9. The van der Waals surface area contributed by atoms with E-state index in [1.807, 2.05) is 0 Å². The van der Waals surface area contributed by atoms with Gasteiger partial charge in [-0.05, 0) is 77.3 Å². The average Bonchev–Trinajstić information content (AvgIpc) is 3.26. The molecule has 3 heterocycles. The number of pyridine rings is 1. The first kappa shape index (κ1) is 37.8. The monoisotopic (exact) mass is 702 g/mol. The highest BCUT2D eigenvalue weighted by Gasteiger charge is 2.56. The number of aromatic nitrogens is 1. The average molecular weight is 703 g/mol. The summed E-state index contributed by atoms with van der Waals surface area (Å²) in [4.78, 5) is 71.1. The topological polar surface area (TPSA) is 171 Å². The third-order valence-corrected chi connectivity index (χ3v) is 8.27. The number of aryl methyl sites for hydroxylation is 1. The van der Waals surface area contributed by atoms with Crippen molar-refractivity contribution in [3.8, 4) is 0 Å². The van der Waals surface area contributed by atoms with E-state index in [9.17, 15) is 42.3 Å². The van der Waals surface area contributed by atoms with Crippen molar-refractivity contribution in [2.24, 2.45) is 10.5 Å². The fourth-order valence-corrected chi connectivity index (χ4v) is 5.82. The lowest BCUT2D eigenvalue weighted by atomic mass is 9.74. The minimum Gasteiger partial charge on any atom is -0.478 e. The molecule has 2 aromatic rings. The van der Waals surface area contributed by atoms with Gasteiger partial charge in [0.25, 0.3) is 5.91 Å². The van der Waals surface area contributed by atoms with Crippen LogP contribution in [-0.2, 0) is 32.0 Å². The molecule has 4 amide bonds. The number of carboxylic acid groups (broad SMARTS) is 1. The predicted molar refractivity (Wildman–Crippen MR) is 174 cm³/mol. The molecule has 0 bridgehead atoms. The highest BCUT2D eigenvalue weighted by atomic mass is 19.4. The summed E-state index contributed by atoms with van der Waals surface area (Å²) in [5, 5.41) is 18.9. The third-order valence-electron chi connectivity index (χ3n) is 8.27. The van der Waals surface area contributed by atoms with Gasteiger partial charge in [-0.3, -0.25) is 19.4 Å². The van der Waals surface area contributed by atoms with E-state index in [1.54, 1.807) is 51.1 Å². The van der Waals surface area contributed by atoms with Gasteiger partial charge < -0.3 is 25.4 Å². The molecule has 2 atom stereocenters. The Balaban J connectivity index is 1.62. The fourth-order valence-electron chi connectivity index (χ4n) is 5.82. The number of piperidine rings is 1. The van der Waals surface area contributed by atoms with Crippen molar-refractivity contribution in [1.29, 1.82) is 0 Å². The summed E-state index contributed by atoms with van der Waals surface area (Å²) in [6, 6.07) is 9.73. The number of alkyl carbamates (subject to hydrolysis) is 1. The number of hydrazone groups is 1. The zero-order chi connectivity index (χ0) is 37.1. The molecule has 50 heavy (non-hydrogen) atoms. The Bertz CT molecular complexity index is 1640. The first-order valence-corrected chi connectivity index (χ1v) is 16.0. The van der Waals surface area contributed by atoms with Gasteiger partial charge in [-0.1, -0.05) is 18.2 Å². The number of nitrogens with zero attached hydrogens (tertiary/aromatic N) is 4. The number of ether oxygens (including phenoxy) is 1. The van der Waals surface area contributed by atoms with E-state index in [1.165, 1.54) is 37.1 Å². The smallest absolute Gasteiger partial charge is 0.408 e. The van der Waals surface area contributed by atoms with Gasteiger partial charge in [0, 0.05) is 37.8 Å². The van der Waals surface area contributed by atoms with Crippen LogP contribution in [0, 0.1) is 5.41 Å².